The molecule has 2 saturated heterocycles. The summed E-state index contributed by atoms with van der Waals surface area (Å²) in [6.45, 7) is 6.81. The maximum absolute atomic E-state index is 13.9. The third kappa shape index (κ3) is 5.10. The number of Topliss-reactive ketones (excluding diaryl/α,β-unsaturated/α-hetero) is 1. The van der Waals surface area contributed by atoms with Crippen molar-refractivity contribution in [3.05, 3.63) is 51.1 Å². The summed E-state index contributed by atoms with van der Waals surface area (Å²) < 4.78 is 17.8. The topological polar surface area (TPSA) is 204 Å². The Kier molecular flexibility index (Phi) is 8.47. The molecule has 0 amide bonds. The Morgan fingerprint density at radius 3 is 2.30 bits per heavy atom. The SMILES string of the molecule is CC[C@@]1(O)C[C@H](O[C@H]2C[C@H](N3CCOCC3)[C@H](O)[C@H](C)O2)c2c(O)c3c(c(O)c2[C@H]1O)C(=O)c1ccc(CC(C)=O)c(O)c1C3=O. The van der Waals surface area contributed by atoms with Crippen molar-refractivity contribution in [1.82, 2.24) is 4.90 Å². The summed E-state index contributed by atoms with van der Waals surface area (Å²) in [6.07, 6.45) is -5.72. The van der Waals surface area contributed by atoms with Gasteiger partial charge in [0.1, 0.15) is 29.1 Å². The molecule has 13 nitrogen and oxygen atoms in total. The molecule has 0 radical (unpaired) electrons. The Morgan fingerprint density at radius 1 is 1.00 bits per heavy atom. The lowest BCUT2D eigenvalue weighted by Gasteiger charge is -2.47. The number of phenols is 3. The molecule has 0 saturated carbocycles. The second-order valence-corrected chi connectivity index (χ2v) is 12.7. The number of aromatic hydroxyl groups is 3. The van der Waals surface area contributed by atoms with Crippen LogP contribution in [-0.2, 0) is 25.4 Å². The van der Waals surface area contributed by atoms with Gasteiger partial charge in [-0.3, -0.25) is 19.3 Å². The molecule has 4 aliphatic rings. The molecule has 2 aromatic rings. The van der Waals surface area contributed by atoms with Crippen LogP contribution in [0.25, 0.3) is 0 Å². The lowest BCUT2D eigenvalue weighted by atomic mass is 9.70. The summed E-state index contributed by atoms with van der Waals surface area (Å²) in [5.74, 6) is -4.29. The standard InChI is InChI=1S/C33H39NO12/c1-4-33(43)13-19(46-20-12-18(26(36)15(3)45-20)34-7-9-44-10-8-34)22-25(32(33)42)31(41)23-24(30(22)40)29(39)21-17(28(23)38)6-5-16(27(21)37)11-14(2)35/h5-6,15,18-20,26,32,36-37,40-43H,4,7-13H2,1-3H3/t15-,18-,19-,20-,26+,32+,33+/m0/s1. The van der Waals surface area contributed by atoms with Gasteiger partial charge < -0.3 is 44.8 Å². The number of fused-ring (bicyclic) bond motifs is 3. The number of ketones is 3. The number of nitrogens with zero attached hydrogens (tertiary/aromatic N) is 1. The van der Waals surface area contributed by atoms with Crippen LogP contribution in [0.15, 0.2) is 12.1 Å². The number of benzene rings is 2. The van der Waals surface area contributed by atoms with E-state index in [2.05, 4.69) is 4.90 Å². The Morgan fingerprint density at radius 2 is 1.65 bits per heavy atom. The molecule has 0 unspecified atom stereocenters. The summed E-state index contributed by atoms with van der Waals surface area (Å²) >= 11 is 0. The number of carbonyl (C=O) groups excluding carboxylic acids is 3. The van der Waals surface area contributed by atoms with E-state index in [1.807, 2.05) is 0 Å². The molecule has 6 N–H and O–H groups in total. The third-order valence-corrected chi connectivity index (χ3v) is 9.91. The van der Waals surface area contributed by atoms with Crippen molar-refractivity contribution in [3.8, 4) is 17.2 Å². The zero-order valence-electron chi connectivity index (χ0n) is 25.9. The Hall–Kier alpha value is -3.43. The normalized spacial score (nSPS) is 31.3. The highest BCUT2D eigenvalue weighted by Crippen LogP contribution is 2.56. The van der Waals surface area contributed by atoms with Gasteiger partial charge in [0.2, 0.25) is 5.78 Å². The Labute approximate surface area is 264 Å². The molecular weight excluding hydrogens is 602 g/mol. The lowest BCUT2D eigenvalue weighted by molar-refractivity contribution is -0.264. The molecule has 13 heteroatoms. The maximum Gasteiger partial charge on any atom is 0.202 e. The monoisotopic (exact) mass is 641 g/mol. The van der Waals surface area contributed by atoms with Gasteiger partial charge in [-0.2, -0.15) is 0 Å². The van der Waals surface area contributed by atoms with E-state index in [0.717, 1.165) is 0 Å². The van der Waals surface area contributed by atoms with E-state index < -0.39 is 81.8 Å². The van der Waals surface area contributed by atoms with Gasteiger partial charge in [0, 0.05) is 60.6 Å². The van der Waals surface area contributed by atoms with Crippen molar-refractivity contribution in [2.45, 2.75) is 88.8 Å². The van der Waals surface area contributed by atoms with Gasteiger partial charge in [-0.15, -0.1) is 0 Å². The molecule has 0 aromatic heterocycles. The van der Waals surface area contributed by atoms with Gasteiger partial charge in [-0.1, -0.05) is 13.0 Å². The van der Waals surface area contributed by atoms with Crippen LogP contribution in [-0.4, -0.2) is 109 Å². The molecule has 2 heterocycles. The van der Waals surface area contributed by atoms with E-state index in [4.69, 9.17) is 14.2 Å². The fraction of sp³-hybridized carbons (Fsp3) is 0.545. The van der Waals surface area contributed by atoms with Crippen LogP contribution in [0, 0.1) is 0 Å². The van der Waals surface area contributed by atoms with E-state index in [1.165, 1.54) is 19.1 Å². The minimum absolute atomic E-state index is 0.00427. The largest absolute Gasteiger partial charge is 0.507 e. The van der Waals surface area contributed by atoms with Crippen molar-refractivity contribution in [1.29, 1.82) is 0 Å². The number of hydrogen-bond acceptors (Lipinski definition) is 13. The van der Waals surface area contributed by atoms with Crippen LogP contribution in [0.4, 0.5) is 0 Å². The molecule has 46 heavy (non-hydrogen) atoms. The summed E-state index contributed by atoms with van der Waals surface area (Å²) in [5.41, 5.74) is -4.14. The predicted octanol–water partition coefficient (Wildman–Crippen LogP) is 1.54. The Balaban J connectivity index is 1.45. The minimum Gasteiger partial charge on any atom is -0.507 e. The predicted molar refractivity (Wildman–Crippen MR) is 159 cm³/mol. The van der Waals surface area contributed by atoms with E-state index in [0.29, 0.717) is 26.3 Å². The average molecular weight is 642 g/mol. The van der Waals surface area contributed by atoms with Gasteiger partial charge in [0.15, 0.2) is 12.1 Å². The minimum atomic E-state index is -1.86. The van der Waals surface area contributed by atoms with Gasteiger partial charge in [-0.05, 0) is 26.3 Å². The molecule has 2 fully saturated rings. The first-order valence-electron chi connectivity index (χ1n) is 15.6. The number of morpholine rings is 1. The highest BCUT2D eigenvalue weighted by molar-refractivity contribution is 6.31. The second-order valence-electron chi connectivity index (χ2n) is 12.7. The van der Waals surface area contributed by atoms with E-state index in [-0.39, 0.29) is 59.8 Å². The van der Waals surface area contributed by atoms with Crippen LogP contribution in [0.3, 0.4) is 0 Å². The van der Waals surface area contributed by atoms with E-state index in [1.54, 1.807) is 13.8 Å². The summed E-state index contributed by atoms with van der Waals surface area (Å²) in [4.78, 5) is 41.5. The summed E-state index contributed by atoms with van der Waals surface area (Å²) in [7, 11) is 0. The average Bonchev–Trinajstić information content (AvgIpc) is 3.02. The molecule has 2 aliphatic carbocycles. The molecule has 0 spiro atoms. The van der Waals surface area contributed by atoms with E-state index >= 15 is 0 Å². The highest BCUT2D eigenvalue weighted by atomic mass is 16.7. The zero-order valence-corrected chi connectivity index (χ0v) is 25.9. The van der Waals surface area contributed by atoms with Crippen molar-refractivity contribution in [2.75, 3.05) is 26.3 Å². The molecule has 2 aliphatic heterocycles. The van der Waals surface area contributed by atoms with Gasteiger partial charge >= 0.3 is 0 Å². The lowest BCUT2D eigenvalue weighted by Crippen LogP contribution is -2.58. The number of aliphatic hydroxyl groups is 3. The molecule has 248 valence electrons. The first-order valence-corrected chi connectivity index (χ1v) is 15.6. The number of hydrogen-bond donors (Lipinski definition) is 6. The quantitative estimate of drug-likeness (QED) is 0.212. The van der Waals surface area contributed by atoms with Crippen molar-refractivity contribution in [3.63, 3.8) is 0 Å². The number of ether oxygens (including phenoxy) is 3. The Bertz CT molecular complexity index is 1600. The van der Waals surface area contributed by atoms with Gasteiger partial charge in [0.25, 0.3) is 0 Å². The number of rotatable bonds is 6. The fourth-order valence-electron chi connectivity index (χ4n) is 7.36. The molecular formula is C33H39NO12. The van der Waals surface area contributed by atoms with Crippen LogP contribution < -0.4 is 0 Å². The van der Waals surface area contributed by atoms with Crippen molar-refractivity contribution >= 4 is 17.3 Å². The number of phenolic OH excluding ortho intramolecular Hbond substituents is 3. The highest BCUT2D eigenvalue weighted by Gasteiger charge is 2.52. The molecule has 0 bridgehead atoms. The van der Waals surface area contributed by atoms with E-state index in [9.17, 15) is 45.0 Å². The zero-order chi connectivity index (χ0) is 33.2. The second kappa shape index (κ2) is 12.0. The molecule has 7 atom stereocenters. The van der Waals surface area contributed by atoms with Gasteiger partial charge in [0.05, 0.1) is 53.8 Å². The van der Waals surface area contributed by atoms with Gasteiger partial charge in [-0.25, -0.2) is 0 Å². The fourth-order valence-corrected chi connectivity index (χ4v) is 7.36. The van der Waals surface area contributed by atoms with Crippen molar-refractivity contribution < 1.29 is 59.2 Å². The van der Waals surface area contributed by atoms with Crippen LogP contribution in [0.2, 0.25) is 0 Å². The first kappa shape index (κ1) is 32.5. The summed E-state index contributed by atoms with van der Waals surface area (Å²) in [6, 6.07) is 2.24. The first-order chi connectivity index (χ1) is 21.8. The number of aliphatic hydroxyl groups excluding tert-OH is 2. The third-order valence-electron chi connectivity index (χ3n) is 9.91. The van der Waals surface area contributed by atoms with Crippen molar-refractivity contribution in [2.24, 2.45) is 0 Å². The maximum atomic E-state index is 13.9. The van der Waals surface area contributed by atoms with Crippen LogP contribution in [0.5, 0.6) is 17.2 Å². The smallest absolute Gasteiger partial charge is 0.202 e. The summed E-state index contributed by atoms with van der Waals surface area (Å²) in [5, 5.41) is 68.2. The number of carbonyl (C=O) groups is 3. The van der Waals surface area contributed by atoms with Crippen LogP contribution in [0.1, 0.15) is 101 Å². The van der Waals surface area contributed by atoms with Crippen LogP contribution >= 0.6 is 0 Å². The molecule has 6 rings (SSSR count). The molecule has 2 aromatic carbocycles.